The number of hydrogen-bond acceptors (Lipinski definition) is 4. The Bertz CT molecular complexity index is 752. The second-order valence-corrected chi connectivity index (χ2v) is 3.75. The van der Waals surface area contributed by atoms with E-state index in [1.54, 1.807) is 6.20 Å². The van der Waals surface area contributed by atoms with E-state index in [0.29, 0.717) is 11.5 Å². The van der Waals surface area contributed by atoms with E-state index >= 15 is 0 Å². The highest BCUT2D eigenvalue weighted by atomic mass is 16.5. The van der Waals surface area contributed by atoms with Gasteiger partial charge in [0.25, 0.3) is 5.56 Å². The highest BCUT2D eigenvalue weighted by Crippen LogP contribution is 2.22. The van der Waals surface area contributed by atoms with Crippen molar-refractivity contribution in [3.63, 3.8) is 0 Å². The van der Waals surface area contributed by atoms with E-state index in [4.69, 9.17) is 4.74 Å². The van der Waals surface area contributed by atoms with Crippen molar-refractivity contribution in [2.45, 2.75) is 0 Å². The maximum Gasteiger partial charge on any atom is 0.267 e. The van der Waals surface area contributed by atoms with Crippen LogP contribution in [0.4, 0.5) is 0 Å². The summed E-state index contributed by atoms with van der Waals surface area (Å²) in [5.74, 6) is 0.955. The largest absolute Gasteiger partial charge is 0.454 e. The molecule has 0 radical (unpaired) electrons. The number of fused-ring (bicyclic) bond motifs is 1. The number of pyridine rings is 1. The molecule has 5 nitrogen and oxygen atoms in total. The number of para-hydroxylation sites is 1. The average molecular weight is 239 g/mol. The van der Waals surface area contributed by atoms with Crippen molar-refractivity contribution in [3.05, 3.63) is 59.1 Å². The maximum atomic E-state index is 11.1. The van der Waals surface area contributed by atoms with Crippen LogP contribution in [-0.2, 0) is 0 Å². The van der Waals surface area contributed by atoms with E-state index in [1.807, 2.05) is 30.3 Å². The molecule has 0 atom stereocenters. The van der Waals surface area contributed by atoms with Crippen LogP contribution in [0.3, 0.4) is 0 Å². The van der Waals surface area contributed by atoms with E-state index in [-0.39, 0.29) is 5.56 Å². The smallest absolute Gasteiger partial charge is 0.267 e. The molecule has 0 bridgehead atoms. The zero-order valence-corrected chi connectivity index (χ0v) is 9.33. The molecule has 5 heteroatoms. The molecule has 0 aliphatic rings. The summed E-state index contributed by atoms with van der Waals surface area (Å²) in [7, 11) is 0. The van der Waals surface area contributed by atoms with Crippen LogP contribution < -0.4 is 10.3 Å². The van der Waals surface area contributed by atoms with Crippen molar-refractivity contribution in [1.29, 1.82) is 0 Å². The summed E-state index contributed by atoms with van der Waals surface area (Å²) >= 11 is 0. The van der Waals surface area contributed by atoms with Crippen LogP contribution in [0.25, 0.3) is 10.9 Å². The molecule has 1 N–H and O–H groups in total. The van der Waals surface area contributed by atoms with Gasteiger partial charge < -0.3 is 4.74 Å². The Morgan fingerprint density at radius 3 is 2.78 bits per heavy atom. The van der Waals surface area contributed by atoms with Gasteiger partial charge in [0.15, 0.2) is 5.75 Å². The third kappa shape index (κ3) is 2.06. The molecule has 2 aromatic heterocycles. The number of nitrogens with one attached hydrogen (secondary N) is 1. The van der Waals surface area contributed by atoms with Crippen LogP contribution in [0.1, 0.15) is 0 Å². The van der Waals surface area contributed by atoms with Gasteiger partial charge in [-0.05, 0) is 12.1 Å². The number of H-pyrrole nitrogens is 1. The van der Waals surface area contributed by atoms with Crippen LogP contribution in [0, 0.1) is 0 Å². The van der Waals surface area contributed by atoms with Gasteiger partial charge in [-0.15, -0.1) is 0 Å². The minimum atomic E-state index is -0.304. The average Bonchev–Trinajstić information content (AvgIpc) is 2.39. The third-order valence-corrected chi connectivity index (χ3v) is 2.44. The van der Waals surface area contributed by atoms with Crippen molar-refractivity contribution in [1.82, 2.24) is 15.2 Å². The van der Waals surface area contributed by atoms with Crippen LogP contribution in [-0.4, -0.2) is 15.2 Å². The van der Waals surface area contributed by atoms with Crippen molar-refractivity contribution >= 4 is 10.9 Å². The summed E-state index contributed by atoms with van der Waals surface area (Å²) in [6, 6.07) is 10.9. The lowest BCUT2D eigenvalue weighted by atomic mass is 10.2. The van der Waals surface area contributed by atoms with Gasteiger partial charge in [0.1, 0.15) is 5.75 Å². The molecule has 0 fully saturated rings. The quantitative estimate of drug-likeness (QED) is 0.743. The molecule has 1 aromatic carbocycles. The van der Waals surface area contributed by atoms with Crippen LogP contribution in [0.15, 0.2) is 53.6 Å². The number of hydrogen-bond donors (Lipinski definition) is 1. The molecule has 0 aliphatic heterocycles. The summed E-state index contributed by atoms with van der Waals surface area (Å²) in [5, 5.41) is 6.93. The predicted octanol–water partition coefficient (Wildman–Crippen LogP) is 2.11. The molecular weight excluding hydrogens is 230 g/mol. The SMILES string of the molecule is O=c1cc(Oc2cnc3ccccc3c2)cn[nH]1. The molecule has 3 rings (SSSR count). The van der Waals surface area contributed by atoms with Gasteiger partial charge in [-0.3, -0.25) is 9.78 Å². The lowest BCUT2D eigenvalue weighted by Crippen LogP contribution is -2.05. The Balaban J connectivity index is 1.97. The number of ether oxygens (including phenoxy) is 1. The molecule has 0 spiro atoms. The van der Waals surface area contributed by atoms with E-state index in [0.717, 1.165) is 10.9 Å². The Morgan fingerprint density at radius 2 is 1.89 bits per heavy atom. The van der Waals surface area contributed by atoms with Gasteiger partial charge in [-0.25, -0.2) is 5.10 Å². The van der Waals surface area contributed by atoms with Gasteiger partial charge >= 0.3 is 0 Å². The fraction of sp³-hybridized carbons (Fsp3) is 0. The first kappa shape index (κ1) is 10.5. The van der Waals surface area contributed by atoms with E-state index in [9.17, 15) is 4.79 Å². The lowest BCUT2D eigenvalue weighted by Gasteiger charge is -2.05. The molecule has 0 amide bonds. The van der Waals surface area contributed by atoms with Crippen molar-refractivity contribution < 1.29 is 4.74 Å². The molecule has 2 heterocycles. The van der Waals surface area contributed by atoms with Gasteiger partial charge in [0, 0.05) is 11.5 Å². The predicted molar refractivity (Wildman–Crippen MR) is 66.7 cm³/mol. The molecule has 3 aromatic rings. The number of aromatic amines is 1. The third-order valence-electron chi connectivity index (χ3n) is 2.44. The number of benzene rings is 1. The zero-order valence-electron chi connectivity index (χ0n) is 9.33. The van der Waals surface area contributed by atoms with Gasteiger partial charge in [0.05, 0.1) is 17.9 Å². The Hall–Kier alpha value is -2.69. The van der Waals surface area contributed by atoms with Crippen LogP contribution in [0.2, 0.25) is 0 Å². The maximum absolute atomic E-state index is 11.1. The minimum absolute atomic E-state index is 0.304. The summed E-state index contributed by atoms with van der Waals surface area (Å²) in [4.78, 5) is 15.3. The van der Waals surface area contributed by atoms with Gasteiger partial charge in [-0.2, -0.15) is 5.10 Å². The second-order valence-electron chi connectivity index (χ2n) is 3.75. The summed E-state index contributed by atoms with van der Waals surface area (Å²) in [6.45, 7) is 0. The Morgan fingerprint density at radius 1 is 1.06 bits per heavy atom. The van der Waals surface area contributed by atoms with Gasteiger partial charge in [0.2, 0.25) is 0 Å². The standard InChI is InChI=1S/C13H9N3O2/c17-13-6-11(8-15-16-13)18-10-5-9-3-1-2-4-12(9)14-7-10/h1-8H,(H,16,17). The topological polar surface area (TPSA) is 67.9 Å². The molecule has 0 unspecified atom stereocenters. The second kappa shape index (κ2) is 4.29. The Labute approximate surface area is 102 Å². The van der Waals surface area contributed by atoms with Crippen molar-refractivity contribution in [2.75, 3.05) is 0 Å². The van der Waals surface area contributed by atoms with E-state index < -0.39 is 0 Å². The van der Waals surface area contributed by atoms with Gasteiger partial charge in [-0.1, -0.05) is 18.2 Å². The summed E-state index contributed by atoms with van der Waals surface area (Å²) < 4.78 is 5.52. The Kier molecular flexibility index (Phi) is 2.49. The number of nitrogens with zero attached hydrogens (tertiary/aromatic N) is 2. The highest BCUT2D eigenvalue weighted by Gasteiger charge is 2.01. The molecule has 18 heavy (non-hydrogen) atoms. The number of rotatable bonds is 2. The van der Waals surface area contributed by atoms with E-state index in [1.165, 1.54) is 12.3 Å². The van der Waals surface area contributed by atoms with Crippen LogP contribution in [0.5, 0.6) is 11.5 Å². The molecular formula is C13H9N3O2. The first-order valence-electron chi connectivity index (χ1n) is 5.39. The first-order chi connectivity index (χ1) is 8.81. The molecule has 88 valence electrons. The summed E-state index contributed by atoms with van der Waals surface area (Å²) in [5.41, 5.74) is 0.593. The first-order valence-corrected chi connectivity index (χ1v) is 5.39. The van der Waals surface area contributed by atoms with Crippen LogP contribution >= 0.6 is 0 Å². The van der Waals surface area contributed by atoms with Crippen molar-refractivity contribution in [2.24, 2.45) is 0 Å². The number of aromatic nitrogens is 3. The molecule has 0 saturated carbocycles. The minimum Gasteiger partial charge on any atom is -0.454 e. The zero-order chi connectivity index (χ0) is 12.4. The normalized spacial score (nSPS) is 10.4. The van der Waals surface area contributed by atoms with Crippen molar-refractivity contribution in [3.8, 4) is 11.5 Å². The lowest BCUT2D eigenvalue weighted by molar-refractivity contribution is 0.476. The van der Waals surface area contributed by atoms with E-state index in [2.05, 4.69) is 15.2 Å². The molecule has 0 aliphatic carbocycles. The fourth-order valence-corrected chi connectivity index (χ4v) is 1.66. The monoisotopic (exact) mass is 239 g/mol. The highest BCUT2D eigenvalue weighted by molar-refractivity contribution is 5.79. The summed E-state index contributed by atoms with van der Waals surface area (Å²) in [6.07, 6.45) is 3.06. The molecule has 0 saturated heterocycles. The fourth-order valence-electron chi connectivity index (χ4n) is 1.66.